The van der Waals surface area contributed by atoms with E-state index in [1.54, 1.807) is 0 Å². The highest BCUT2D eigenvalue weighted by molar-refractivity contribution is 14.0. The molecule has 2 rings (SSSR count). The molecule has 7 heteroatoms. The highest BCUT2D eigenvalue weighted by Gasteiger charge is 2.16. The van der Waals surface area contributed by atoms with Crippen LogP contribution in [-0.2, 0) is 6.54 Å². The van der Waals surface area contributed by atoms with Gasteiger partial charge < -0.3 is 20.4 Å². The third kappa shape index (κ3) is 6.43. The van der Waals surface area contributed by atoms with Crippen LogP contribution in [0.25, 0.3) is 0 Å². The number of piperazine rings is 1. The summed E-state index contributed by atoms with van der Waals surface area (Å²) in [6.07, 6.45) is 1.90. The highest BCUT2D eigenvalue weighted by atomic mass is 127. The van der Waals surface area contributed by atoms with Crippen molar-refractivity contribution in [1.82, 2.24) is 20.5 Å². The number of likely N-dealkylation sites (N-methyl/N-ethyl adjacent to an activating group) is 1. The number of pyridine rings is 1. The van der Waals surface area contributed by atoms with E-state index in [1.165, 1.54) is 5.56 Å². The van der Waals surface area contributed by atoms with Crippen LogP contribution in [-0.4, -0.2) is 61.7 Å². The zero-order valence-electron chi connectivity index (χ0n) is 15.1. The minimum absolute atomic E-state index is 0. The third-order valence-electron chi connectivity index (χ3n) is 4.06. The second-order valence-electron chi connectivity index (χ2n) is 5.67. The fourth-order valence-electron chi connectivity index (χ4n) is 2.70. The zero-order valence-corrected chi connectivity index (χ0v) is 17.4. The van der Waals surface area contributed by atoms with Gasteiger partial charge in [0.25, 0.3) is 0 Å². The number of halogens is 1. The van der Waals surface area contributed by atoms with Crippen LogP contribution >= 0.6 is 24.0 Å². The number of aliphatic imine (C=N–C) groups is 1. The number of hydrogen-bond donors (Lipinski definition) is 2. The molecule has 1 aromatic heterocycles. The Morgan fingerprint density at radius 3 is 2.38 bits per heavy atom. The van der Waals surface area contributed by atoms with E-state index in [-0.39, 0.29) is 24.0 Å². The summed E-state index contributed by atoms with van der Waals surface area (Å²) in [6.45, 7) is 14.2. The van der Waals surface area contributed by atoms with Crippen molar-refractivity contribution >= 4 is 35.8 Å². The van der Waals surface area contributed by atoms with Crippen molar-refractivity contribution in [2.45, 2.75) is 27.3 Å². The maximum absolute atomic E-state index is 4.62. The van der Waals surface area contributed by atoms with E-state index in [9.17, 15) is 0 Å². The molecule has 6 nitrogen and oxygen atoms in total. The summed E-state index contributed by atoms with van der Waals surface area (Å²) >= 11 is 0. The Morgan fingerprint density at radius 2 is 1.79 bits per heavy atom. The molecular formula is C17H31IN6. The summed E-state index contributed by atoms with van der Waals surface area (Å²) in [6, 6.07) is 4.21. The van der Waals surface area contributed by atoms with Crippen LogP contribution in [0.1, 0.15) is 26.3 Å². The molecule has 2 heterocycles. The molecule has 0 amide bonds. The topological polar surface area (TPSA) is 55.8 Å². The van der Waals surface area contributed by atoms with Crippen LogP contribution in [0, 0.1) is 0 Å². The first-order chi connectivity index (χ1) is 11.3. The molecule has 0 aliphatic carbocycles. The number of guanidine groups is 1. The molecule has 0 unspecified atom stereocenters. The van der Waals surface area contributed by atoms with Crippen molar-refractivity contribution in [3.63, 3.8) is 0 Å². The van der Waals surface area contributed by atoms with Gasteiger partial charge in [-0.1, -0.05) is 6.92 Å². The monoisotopic (exact) mass is 446 g/mol. The predicted molar refractivity (Wildman–Crippen MR) is 112 cm³/mol. The number of anilines is 1. The Bertz CT molecular complexity index is 492. The van der Waals surface area contributed by atoms with Gasteiger partial charge in [0.1, 0.15) is 5.82 Å². The molecule has 24 heavy (non-hydrogen) atoms. The average Bonchev–Trinajstić information content (AvgIpc) is 2.60. The smallest absolute Gasteiger partial charge is 0.191 e. The normalized spacial score (nSPS) is 14.7. The summed E-state index contributed by atoms with van der Waals surface area (Å²) in [5.41, 5.74) is 1.20. The van der Waals surface area contributed by atoms with E-state index in [4.69, 9.17) is 0 Å². The van der Waals surface area contributed by atoms with Gasteiger partial charge in [-0.15, -0.1) is 24.0 Å². The first-order valence-electron chi connectivity index (χ1n) is 8.71. The molecule has 136 valence electrons. The van der Waals surface area contributed by atoms with E-state index >= 15 is 0 Å². The highest BCUT2D eigenvalue weighted by Crippen LogP contribution is 2.15. The number of aromatic nitrogens is 1. The molecule has 2 N–H and O–H groups in total. The summed E-state index contributed by atoms with van der Waals surface area (Å²) in [4.78, 5) is 14.0. The van der Waals surface area contributed by atoms with Gasteiger partial charge in [-0.3, -0.25) is 0 Å². The molecule has 0 atom stereocenters. The second-order valence-corrected chi connectivity index (χ2v) is 5.67. The average molecular weight is 446 g/mol. The van der Waals surface area contributed by atoms with Crippen molar-refractivity contribution in [3.8, 4) is 0 Å². The lowest BCUT2D eigenvalue weighted by Crippen LogP contribution is -2.46. The standard InChI is InChI=1S/C17H30N6.HI/c1-4-18-17(19-5-2)21-14-15-7-8-20-16(13-15)23-11-9-22(6-3)10-12-23;/h7-8,13H,4-6,9-12,14H2,1-3H3,(H2,18,19,21);1H. The number of nitrogens with zero attached hydrogens (tertiary/aromatic N) is 4. The van der Waals surface area contributed by atoms with Crippen molar-refractivity contribution in [3.05, 3.63) is 23.9 Å². The second kappa shape index (κ2) is 11.5. The van der Waals surface area contributed by atoms with Gasteiger partial charge in [0.05, 0.1) is 6.54 Å². The molecular weight excluding hydrogens is 415 g/mol. The van der Waals surface area contributed by atoms with Crippen LogP contribution < -0.4 is 15.5 Å². The predicted octanol–water partition coefficient (Wildman–Crippen LogP) is 1.92. The summed E-state index contributed by atoms with van der Waals surface area (Å²) < 4.78 is 0. The summed E-state index contributed by atoms with van der Waals surface area (Å²) in [7, 11) is 0. The lowest BCUT2D eigenvalue weighted by molar-refractivity contribution is 0.270. The zero-order chi connectivity index (χ0) is 16.5. The van der Waals surface area contributed by atoms with Crippen LogP contribution in [0.3, 0.4) is 0 Å². The molecule has 0 radical (unpaired) electrons. The SMILES string of the molecule is CCNC(=NCc1ccnc(N2CCN(CC)CC2)c1)NCC.I. The van der Waals surface area contributed by atoms with Crippen LogP contribution in [0.2, 0.25) is 0 Å². The van der Waals surface area contributed by atoms with E-state index in [1.807, 2.05) is 12.3 Å². The van der Waals surface area contributed by atoms with Gasteiger partial charge in [-0.2, -0.15) is 0 Å². The van der Waals surface area contributed by atoms with Crippen LogP contribution in [0.15, 0.2) is 23.3 Å². The molecule has 1 aliphatic rings. The fourth-order valence-corrected chi connectivity index (χ4v) is 2.70. The van der Waals surface area contributed by atoms with Gasteiger partial charge in [0, 0.05) is 45.5 Å². The number of nitrogens with one attached hydrogen (secondary N) is 2. The minimum Gasteiger partial charge on any atom is -0.357 e. The first kappa shape index (κ1) is 21.0. The molecule has 0 spiro atoms. The van der Waals surface area contributed by atoms with Gasteiger partial charge in [-0.25, -0.2) is 9.98 Å². The van der Waals surface area contributed by atoms with Gasteiger partial charge in [-0.05, 0) is 38.1 Å². The molecule has 1 fully saturated rings. The largest absolute Gasteiger partial charge is 0.357 e. The Kier molecular flexibility index (Phi) is 10.0. The van der Waals surface area contributed by atoms with Gasteiger partial charge >= 0.3 is 0 Å². The Morgan fingerprint density at radius 1 is 1.12 bits per heavy atom. The van der Waals surface area contributed by atoms with Crippen LogP contribution in [0.5, 0.6) is 0 Å². The van der Waals surface area contributed by atoms with Gasteiger partial charge in [0.2, 0.25) is 0 Å². The van der Waals surface area contributed by atoms with E-state index < -0.39 is 0 Å². The van der Waals surface area contributed by atoms with Gasteiger partial charge in [0.15, 0.2) is 5.96 Å². The Labute approximate surface area is 163 Å². The minimum atomic E-state index is 0. The molecule has 1 aromatic rings. The van der Waals surface area contributed by atoms with E-state index in [0.29, 0.717) is 6.54 Å². The number of hydrogen-bond acceptors (Lipinski definition) is 4. The lowest BCUT2D eigenvalue weighted by atomic mass is 10.2. The van der Waals surface area contributed by atoms with Crippen LogP contribution in [0.4, 0.5) is 5.82 Å². The van der Waals surface area contributed by atoms with Crippen molar-refractivity contribution < 1.29 is 0 Å². The van der Waals surface area contributed by atoms with E-state index in [0.717, 1.165) is 57.6 Å². The van der Waals surface area contributed by atoms with E-state index in [2.05, 4.69) is 57.2 Å². The van der Waals surface area contributed by atoms with Crippen molar-refractivity contribution in [2.24, 2.45) is 4.99 Å². The lowest BCUT2D eigenvalue weighted by Gasteiger charge is -2.34. The Hall–Kier alpha value is -1.09. The van der Waals surface area contributed by atoms with Crippen molar-refractivity contribution in [1.29, 1.82) is 0 Å². The maximum Gasteiger partial charge on any atom is 0.191 e. The Balaban J connectivity index is 0.00000288. The fraction of sp³-hybridized carbons (Fsp3) is 0.647. The number of rotatable bonds is 6. The molecule has 0 aromatic carbocycles. The molecule has 0 saturated carbocycles. The first-order valence-corrected chi connectivity index (χ1v) is 8.71. The van der Waals surface area contributed by atoms with Crippen molar-refractivity contribution in [2.75, 3.05) is 50.7 Å². The molecule has 1 aliphatic heterocycles. The summed E-state index contributed by atoms with van der Waals surface area (Å²) in [5.74, 6) is 1.94. The molecule has 0 bridgehead atoms. The maximum atomic E-state index is 4.62. The molecule has 1 saturated heterocycles. The third-order valence-corrected chi connectivity index (χ3v) is 4.06. The quantitative estimate of drug-likeness (QED) is 0.398. The summed E-state index contributed by atoms with van der Waals surface area (Å²) in [5, 5.41) is 6.50.